The summed E-state index contributed by atoms with van der Waals surface area (Å²) in [6, 6.07) is 0. The average molecular weight is 1290 g/mol. The molecule has 84 heavy (non-hydrogen) atoms. The fourth-order valence-electron chi connectivity index (χ4n) is 9.33. The summed E-state index contributed by atoms with van der Waals surface area (Å²) in [7, 11) is -10.6. The van der Waals surface area contributed by atoms with Gasteiger partial charge in [-0.1, -0.05) is 161 Å². The van der Waals surface area contributed by atoms with Crippen LogP contribution in [-0.4, -0.2) is 158 Å². The number of ether oxygens (including phenoxy) is 3. The Morgan fingerprint density at radius 2 is 0.631 bits per heavy atom. The number of carbonyl (C=O) groups excluding carboxylic acids is 1. The van der Waals surface area contributed by atoms with E-state index in [-0.39, 0.29) is 99.1 Å². The monoisotopic (exact) mass is 1290 g/mol. The quantitative estimate of drug-likeness (QED) is 0.0466. The third-order valence-electron chi connectivity index (χ3n) is 21.9. The maximum atomic E-state index is 12.0. The molecule has 2 heterocycles. The molecule has 0 unspecified atom stereocenters. The van der Waals surface area contributed by atoms with Crippen LogP contribution in [0.15, 0.2) is 34.9 Å². The summed E-state index contributed by atoms with van der Waals surface area (Å²) in [5, 5.41) is 31.1. The predicted octanol–water partition coefficient (Wildman–Crippen LogP) is 16.5. The van der Waals surface area contributed by atoms with Crippen LogP contribution in [0.3, 0.4) is 0 Å². The van der Waals surface area contributed by atoms with Gasteiger partial charge in [-0.15, -0.1) is 0 Å². The van der Waals surface area contributed by atoms with Crippen molar-refractivity contribution in [2.75, 3.05) is 33.5 Å². The van der Waals surface area contributed by atoms with Crippen molar-refractivity contribution in [3.05, 3.63) is 34.9 Å². The molecular formula is C65H132O13Si6. The van der Waals surface area contributed by atoms with Crippen molar-refractivity contribution in [2.45, 2.75) is 340 Å². The van der Waals surface area contributed by atoms with Gasteiger partial charge in [-0.05, 0) is 154 Å². The predicted molar refractivity (Wildman–Crippen MR) is 365 cm³/mol. The smallest absolute Gasteiger partial charge is 0.330 e. The van der Waals surface area contributed by atoms with Gasteiger partial charge >= 0.3 is 5.97 Å². The van der Waals surface area contributed by atoms with Crippen molar-refractivity contribution in [3.8, 4) is 0 Å². The Morgan fingerprint density at radius 1 is 0.440 bits per heavy atom. The van der Waals surface area contributed by atoms with Crippen molar-refractivity contribution in [3.63, 3.8) is 0 Å². The molecule has 6 atom stereocenters. The highest BCUT2D eigenvalue weighted by atomic mass is 28.4. The molecule has 5 fully saturated rings. The molecule has 3 aliphatic carbocycles. The molecule has 13 nitrogen and oxygen atoms in total. The number of epoxide rings is 2. The van der Waals surface area contributed by atoms with E-state index in [0.29, 0.717) is 32.3 Å². The number of aliphatic hydroxyl groups is 3. The Labute approximate surface area is 522 Å². The second-order valence-corrected chi connectivity index (χ2v) is 63.1. The molecule has 0 radical (unpaired) electrons. The molecule has 2 saturated heterocycles. The Morgan fingerprint density at radius 3 is 0.810 bits per heavy atom. The van der Waals surface area contributed by atoms with Gasteiger partial charge in [-0.2, -0.15) is 0 Å². The first-order chi connectivity index (χ1) is 36.9. The number of methoxy groups -OCH3 is 1. The molecule has 0 bridgehead atoms. The number of esters is 1. The van der Waals surface area contributed by atoms with Crippen molar-refractivity contribution in [2.24, 2.45) is 0 Å². The number of rotatable bonds is 15. The first kappa shape index (κ1) is 79.6. The highest BCUT2D eigenvalue weighted by Gasteiger charge is 2.65. The molecule has 3 saturated carbocycles. The zero-order valence-electron chi connectivity index (χ0n) is 59.2. The van der Waals surface area contributed by atoms with E-state index in [2.05, 4.69) is 203 Å². The van der Waals surface area contributed by atoms with Gasteiger partial charge in [-0.3, -0.25) is 0 Å². The van der Waals surface area contributed by atoms with E-state index in [4.69, 9.17) is 40.8 Å². The second kappa shape index (κ2) is 27.4. The van der Waals surface area contributed by atoms with Crippen molar-refractivity contribution in [1.29, 1.82) is 0 Å². The van der Waals surface area contributed by atoms with Gasteiger partial charge in [0.05, 0.1) is 70.2 Å². The van der Waals surface area contributed by atoms with Crippen LogP contribution < -0.4 is 0 Å². The molecule has 494 valence electrons. The fourth-order valence-corrected chi connectivity index (χ4v) is 17.5. The van der Waals surface area contributed by atoms with Crippen LogP contribution in [0.4, 0.5) is 0 Å². The lowest BCUT2D eigenvalue weighted by Gasteiger charge is -2.51. The van der Waals surface area contributed by atoms with Gasteiger partial charge < -0.3 is 56.1 Å². The van der Waals surface area contributed by atoms with Crippen LogP contribution in [0, 0.1) is 0 Å². The summed E-state index contributed by atoms with van der Waals surface area (Å²) in [6.45, 7) is 70.9. The third kappa shape index (κ3) is 19.3. The fraction of sp³-hybridized carbons (Fsp3) is 0.892. The Hall–Kier alpha value is -0.449. The SMILES string of the molecule is C.CC(C)(C)[Si](C)(C)O[C@@H]1CC(=CCO)C[C@@H](O[Si](C)(C)C(C)(C)C)C12CO2.CC1(O)[C@H](O[Si](C)(C)C(C)(C)C)CC(=CCO)C[C@H]1O[Si](C)(C)C(C)(C)C.COC(=O)C=C1C[C@@H](O[Si](C)(C)C(C)(C)C)C2(CO2)[C@H](O[Si](C)(C)C(C)(C)C)C1. The summed E-state index contributed by atoms with van der Waals surface area (Å²) in [6.07, 6.45) is 8.99. The minimum atomic E-state index is -2.05. The summed E-state index contributed by atoms with van der Waals surface area (Å²) in [4.78, 5) is 12.0. The summed E-state index contributed by atoms with van der Waals surface area (Å²) >= 11 is 0. The number of carbonyl (C=O) groups is 1. The topological polar surface area (TPSA) is 167 Å². The number of hydrogen-bond acceptors (Lipinski definition) is 13. The highest BCUT2D eigenvalue weighted by molar-refractivity contribution is 6.76. The molecule has 0 amide bonds. The van der Waals surface area contributed by atoms with Crippen LogP contribution in [0.2, 0.25) is 109 Å². The zero-order chi connectivity index (χ0) is 64.8. The number of aliphatic hydroxyl groups excluding tert-OH is 2. The highest BCUT2D eigenvalue weighted by Crippen LogP contribution is 2.55. The van der Waals surface area contributed by atoms with Crippen LogP contribution in [0.1, 0.15) is 178 Å². The van der Waals surface area contributed by atoms with Gasteiger partial charge in [0.1, 0.15) is 16.8 Å². The van der Waals surface area contributed by atoms with Gasteiger partial charge in [0.15, 0.2) is 49.9 Å². The van der Waals surface area contributed by atoms with E-state index >= 15 is 0 Å². The lowest BCUT2D eigenvalue weighted by atomic mass is 9.78. The maximum Gasteiger partial charge on any atom is 0.330 e. The largest absolute Gasteiger partial charge is 0.466 e. The molecule has 0 aromatic heterocycles. The van der Waals surface area contributed by atoms with E-state index in [9.17, 15) is 20.1 Å². The normalized spacial score (nSPS) is 28.6. The summed E-state index contributed by atoms with van der Waals surface area (Å²) in [5.41, 5.74) is 1.64. The Bertz CT molecular complexity index is 2040. The summed E-state index contributed by atoms with van der Waals surface area (Å²) in [5.74, 6) is -0.315. The molecular weight excluding hydrogens is 1160 g/mol. The first-order valence-electron chi connectivity index (χ1n) is 31.3. The van der Waals surface area contributed by atoms with Crippen LogP contribution in [-0.2, 0) is 45.6 Å². The standard InChI is InChI=1S/C22H42O5Si2.C21H42O4Si2.C21H44O4Si2.CH4/c1-20(2,3)28(8,9)26-17-12-16(14-19(23)24-7)13-18(22(17)15-25-22)27-29(10,11)21(4,5)6;1-19(2,3)26(7,8)24-17-13-16(11-12-22)14-18(21(17)15-23-21)25-27(9,10)20(4,5)6;1-19(2,3)26(8,9)24-17-14-16(12-13-22)15-18(21(17,7)23)25-27(10,11)20(4,5)6;/h14,17-18H,12-13,15H2,1-11H3;11,17-18,22H,12-15H2,1-10H3;12,17-18,22-23H,13-15H2,1-11H3;1H4/t17-,18-,22?;2*17-,18-,21?;/m111./s1. The molecule has 2 spiro atoms. The first-order valence-corrected chi connectivity index (χ1v) is 48.7. The molecule has 5 rings (SSSR count). The molecule has 2 aliphatic heterocycles. The van der Waals surface area contributed by atoms with E-state index in [1.165, 1.54) is 12.7 Å². The van der Waals surface area contributed by atoms with Crippen LogP contribution in [0.25, 0.3) is 0 Å². The molecule has 19 heteroatoms. The van der Waals surface area contributed by atoms with Gasteiger partial charge in [0, 0.05) is 6.08 Å². The van der Waals surface area contributed by atoms with Gasteiger partial charge in [0.2, 0.25) is 0 Å². The lowest BCUT2D eigenvalue weighted by Crippen LogP contribution is -2.61. The van der Waals surface area contributed by atoms with Crippen LogP contribution in [0.5, 0.6) is 0 Å². The Balaban J connectivity index is 0.000000428. The minimum absolute atomic E-state index is 0. The van der Waals surface area contributed by atoms with E-state index in [0.717, 1.165) is 30.6 Å². The van der Waals surface area contributed by atoms with E-state index in [1.807, 2.05) is 19.1 Å². The molecule has 3 N–H and O–H groups in total. The van der Waals surface area contributed by atoms with Crippen molar-refractivity contribution in [1.82, 2.24) is 0 Å². The maximum absolute atomic E-state index is 12.0. The molecule has 0 aromatic rings. The zero-order valence-corrected chi connectivity index (χ0v) is 65.2. The van der Waals surface area contributed by atoms with E-state index < -0.39 is 61.1 Å². The molecule has 5 aliphatic rings. The van der Waals surface area contributed by atoms with Crippen molar-refractivity contribution >= 4 is 55.9 Å². The number of hydrogen-bond donors (Lipinski definition) is 3. The Kier molecular flexibility index (Phi) is 26.0. The summed E-state index contributed by atoms with van der Waals surface area (Å²) < 4.78 is 57.9. The third-order valence-corrected chi connectivity index (χ3v) is 48.8. The van der Waals surface area contributed by atoms with Crippen molar-refractivity contribution < 1.29 is 60.9 Å². The van der Waals surface area contributed by atoms with Gasteiger partial charge in [0.25, 0.3) is 0 Å². The van der Waals surface area contributed by atoms with E-state index in [1.54, 1.807) is 6.08 Å². The average Bonchev–Trinajstić information content (AvgIpc) is 2.23. The minimum Gasteiger partial charge on any atom is -0.466 e. The van der Waals surface area contributed by atoms with Gasteiger partial charge in [-0.25, -0.2) is 4.79 Å². The van der Waals surface area contributed by atoms with Crippen LogP contribution >= 0.6 is 0 Å². The lowest BCUT2D eigenvalue weighted by molar-refractivity contribution is -0.135. The second-order valence-electron chi connectivity index (χ2n) is 34.6. The molecule has 0 aromatic carbocycles.